The summed E-state index contributed by atoms with van der Waals surface area (Å²) in [6, 6.07) is 0.293. The average Bonchev–Trinajstić information content (AvgIpc) is 3.70. The largest absolute Gasteiger partial charge is 0.490 e. The zero-order valence-electron chi connectivity index (χ0n) is 21.7. The van der Waals surface area contributed by atoms with Gasteiger partial charge in [0.2, 0.25) is 11.8 Å². The van der Waals surface area contributed by atoms with Gasteiger partial charge in [-0.1, -0.05) is 10.7 Å². The number of ether oxygens (including phenoxy) is 2. The third-order valence-electron chi connectivity index (χ3n) is 7.88. The zero-order chi connectivity index (χ0) is 26.8. The molecule has 2 aromatic heterocycles. The average molecular weight is 542 g/mol. The SMILES string of the molecule is NC1CN(c2ncc(OCC3CCN(c4nc(C5CCCO5)no4)CC3)cn2)CC1C1=CC(F)=CC=C(F)C1. The van der Waals surface area contributed by atoms with Crippen molar-refractivity contribution >= 4 is 12.0 Å². The van der Waals surface area contributed by atoms with E-state index in [1.165, 1.54) is 6.08 Å². The van der Waals surface area contributed by atoms with E-state index >= 15 is 0 Å². The molecule has 0 bridgehead atoms. The maximum absolute atomic E-state index is 14.0. The van der Waals surface area contributed by atoms with Gasteiger partial charge in [0, 0.05) is 51.2 Å². The first-order valence-electron chi connectivity index (χ1n) is 13.6. The predicted octanol–water partition coefficient (Wildman–Crippen LogP) is 3.81. The monoisotopic (exact) mass is 541 g/mol. The topological polar surface area (TPSA) is 116 Å². The fraction of sp³-hybridized carbons (Fsp3) is 0.556. The molecule has 3 saturated heterocycles. The number of hydrogen-bond acceptors (Lipinski definition) is 10. The highest BCUT2D eigenvalue weighted by Crippen LogP contribution is 2.33. The van der Waals surface area contributed by atoms with Crippen LogP contribution in [0.2, 0.25) is 0 Å². The van der Waals surface area contributed by atoms with E-state index in [1.807, 2.05) is 4.90 Å². The van der Waals surface area contributed by atoms with Crippen LogP contribution in [-0.4, -0.2) is 65.5 Å². The van der Waals surface area contributed by atoms with Crippen LogP contribution >= 0.6 is 0 Å². The number of nitrogens with two attached hydrogens (primary N) is 1. The van der Waals surface area contributed by atoms with Crippen LogP contribution < -0.4 is 20.3 Å². The Labute approximate surface area is 225 Å². The van der Waals surface area contributed by atoms with E-state index in [0.717, 1.165) is 57.5 Å². The molecule has 2 N–H and O–H groups in total. The molecule has 0 amide bonds. The van der Waals surface area contributed by atoms with Gasteiger partial charge in [0.1, 0.15) is 17.8 Å². The maximum atomic E-state index is 14.0. The summed E-state index contributed by atoms with van der Waals surface area (Å²) in [6.07, 6.45) is 10.9. The molecule has 3 unspecified atom stereocenters. The number of aromatic nitrogens is 4. The minimum atomic E-state index is -0.468. The van der Waals surface area contributed by atoms with Crippen molar-refractivity contribution in [3.63, 3.8) is 0 Å². The first-order valence-corrected chi connectivity index (χ1v) is 13.6. The van der Waals surface area contributed by atoms with Crippen LogP contribution in [0.4, 0.5) is 20.7 Å². The van der Waals surface area contributed by atoms with Crippen molar-refractivity contribution in [3.05, 3.63) is 53.7 Å². The van der Waals surface area contributed by atoms with Gasteiger partial charge in [-0.2, -0.15) is 4.98 Å². The van der Waals surface area contributed by atoms with Crippen LogP contribution in [0.3, 0.4) is 0 Å². The molecule has 208 valence electrons. The van der Waals surface area contributed by atoms with Crippen LogP contribution in [0.25, 0.3) is 0 Å². The quantitative estimate of drug-likeness (QED) is 0.555. The van der Waals surface area contributed by atoms with Gasteiger partial charge >= 0.3 is 6.01 Å². The molecule has 10 nitrogen and oxygen atoms in total. The lowest BCUT2D eigenvalue weighted by molar-refractivity contribution is 0.103. The summed E-state index contributed by atoms with van der Waals surface area (Å²) in [5, 5.41) is 4.11. The third kappa shape index (κ3) is 5.96. The lowest BCUT2D eigenvalue weighted by Crippen LogP contribution is -2.35. The molecule has 3 fully saturated rings. The number of hydrogen-bond donors (Lipinski definition) is 1. The van der Waals surface area contributed by atoms with Crippen LogP contribution in [0.15, 0.2) is 52.4 Å². The van der Waals surface area contributed by atoms with Gasteiger partial charge in [-0.3, -0.25) is 0 Å². The summed E-state index contributed by atoms with van der Waals surface area (Å²) in [5.74, 6) is 1.15. The summed E-state index contributed by atoms with van der Waals surface area (Å²) in [6.45, 7) is 3.98. The minimum absolute atomic E-state index is 0.0476. The van der Waals surface area contributed by atoms with Gasteiger partial charge < -0.3 is 29.5 Å². The van der Waals surface area contributed by atoms with Crippen LogP contribution in [-0.2, 0) is 4.74 Å². The molecule has 6 rings (SSSR count). The van der Waals surface area contributed by atoms with Gasteiger partial charge in [0.05, 0.1) is 19.0 Å². The molecule has 39 heavy (non-hydrogen) atoms. The Hall–Kier alpha value is -3.38. The third-order valence-corrected chi connectivity index (χ3v) is 7.88. The highest BCUT2D eigenvalue weighted by molar-refractivity contribution is 5.39. The van der Waals surface area contributed by atoms with E-state index in [1.54, 1.807) is 12.4 Å². The second-order valence-electron chi connectivity index (χ2n) is 10.6. The number of piperidine rings is 1. The molecule has 3 atom stereocenters. The molecule has 4 aliphatic rings. The lowest BCUT2D eigenvalue weighted by Gasteiger charge is -2.30. The Balaban J connectivity index is 0.975. The normalized spacial score (nSPS) is 26.3. The van der Waals surface area contributed by atoms with Crippen molar-refractivity contribution in [1.82, 2.24) is 20.1 Å². The summed E-state index contributed by atoms with van der Waals surface area (Å²) < 4.78 is 45.0. The Kier molecular flexibility index (Phi) is 7.55. The van der Waals surface area contributed by atoms with Gasteiger partial charge in [-0.15, -0.1) is 0 Å². The molecule has 3 aliphatic heterocycles. The molecule has 0 radical (unpaired) electrons. The Morgan fingerprint density at radius 2 is 1.87 bits per heavy atom. The number of anilines is 2. The molecule has 12 heteroatoms. The number of allylic oxidation sites excluding steroid dienone is 5. The highest BCUT2D eigenvalue weighted by Gasteiger charge is 2.35. The minimum Gasteiger partial charge on any atom is -0.490 e. The molecule has 0 aromatic carbocycles. The van der Waals surface area contributed by atoms with Gasteiger partial charge in [0.25, 0.3) is 0 Å². The van der Waals surface area contributed by atoms with Gasteiger partial charge in [-0.05, 0) is 49.8 Å². The van der Waals surface area contributed by atoms with Crippen LogP contribution in [0.5, 0.6) is 5.75 Å². The van der Waals surface area contributed by atoms with Crippen LogP contribution in [0.1, 0.15) is 44.0 Å². The Morgan fingerprint density at radius 3 is 2.64 bits per heavy atom. The first kappa shape index (κ1) is 25.9. The standard InChI is InChI=1S/C27H33F2N7O3/c28-19-3-4-20(29)11-18(10-19)22-14-36(15-23(22)30)26-31-12-21(13-32-26)38-16-17-5-7-35(8-6-17)27-33-25(34-39-27)24-2-1-9-37-24/h3-4,10,12-13,17,22-24H,1-2,5-9,11,14-16,30H2. The molecule has 1 aliphatic carbocycles. The molecule has 2 aromatic rings. The second-order valence-corrected chi connectivity index (χ2v) is 10.6. The first-order chi connectivity index (χ1) is 19.0. The summed E-state index contributed by atoms with van der Waals surface area (Å²) in [7, 11) is 0. The van der Waals surface area contributed by atoms with Crippen molar-refractivity contribution in [2.24, 2.45) is 17.6 Å². The molecular weight excluding hydrogens is 508 g/mol. The van der Waals surface area contributed by atoms with E-state index in [9.17, 15) is 8.78 Å². The van der Waals surface area contributed by atoms with Gasteiger partial charge in [0.15, 0.2) is 5.75 Å². The second kappa shape index (κ2) is 11.4. The predicted molar refractivity (Wildman–Crippen MR) is 139 cm³/mol. The number of halogens is 2. The van der Waals surface area contributed by atoms with Crippen molar-refractivity contribution in [2.75, 3.05) is 49.2 Å². The van der Waals surface area contributed by atoms with E-state index in [0.29, 0.717) is 54.7 Å². The molecular formula is C27H33F2N7O3. The fourth-order valence-electron chi connectivity index (χ4n) is 5.64. The van der Waals surface area contributed by atoms with Gasteiger partial charge in [-0.25, -0.2) is 18.7 Å². The summed E-state index contributed by atoms with van der Waals surface area (Å²) in [4.78, 5) is 17.6. The lowest BCUT2D eigenvalue weighted by atomic mass is 9.91. The van der Waals surface area contributed by atoms with Crippen molar-refractivity contribution in [2.45, 2.75) is 44.2 Å². The molecule has 0 spiro atoms. The fourth-order valence-corrected chi connectivity index (χ4v) is 5.64. The highest BCUT2D eigenvalue weighted by atomic mass is 19.1. The maximum Gasteiger partial charge on any atom is 0.324 e. The zero-order valence-corrected chi connectivity index (χ0v) is 21.7. The van der Waals surface area contributed by atoms with Crippen molar-refractivity contribution < 1.29 is 22.8 Å². The van der Waals surface area contributed by atoms with E-state index in [-0.39, 0.29) is 30.3 Å². The molecule has 0 saturated carbocycles. The summed E-state index contributed by atoms with van der Waals surface area (Å²) >= 11 is 0. The van der Waals surface area contributed by atoms with Crippen molar-refractivity contribution in [1.29, 1.82) is 0 Å². The van der Waals surface area contributed by atoms with E-state index in [4.69, 9.17) is 19.7 Å². The van der Waals surface area contributed by atoms with Crippen molar-refractivity contribution in [3.8, 4) is 5.75 Å². The molecule has 5 heterocycles. The number of rotatable bonds is 7. The van der Waals surface area contributed by atoms with E-state index < -0.39 is 5.83 Å². The smallest absolute Gasteiger partial charge is 0.324 e. The Bertz CT molecular complexity index is 1230. The van der Waals surface area contributed by atoms with E-state index in [2.05, 4.69) is 25.0 Å². The summed E-state index contributed by atoms with van der Waals surface area (Å²) in [5.41, 5.74) is 7.00. The Morgan fingerprint density at radius 1 is 1.05 bits per heavy atom. The number of nitrogens with zero attached hydrogens (tertiary/aromatic N) is 6. The van der Waals surface area contributed by atoms with Crippen LogP contribution in [0, 0.1) is 11.8 Å².